The number of rotatable bonds is 3. The first kappa shape index (κ1) is 17.8. The lowest BCUT2D eigenvalue weighted by atomic mass is 10.1. The Kier molecular flexibility index (Phi) is 4.76. The molecule has 0 unspecified atom stereocenters. The third-order valence-electron chi connectivity index (χ3n) is 5.56. The highest BCUT2D eigenvalue weighted by atomic mass is 16.5. The lowest BCUT2D eigenvalue weighted by Crippen LogP contribution is -2.37. The highest BCUT2D eigenvalue weighted by molar-refractivity contribution is 5.82. The van der Waals surface area contributed by atoms with Crippen molar-refractivity contribution in [3.8, 4) is 0 Å². The van der Waals surface area contributed by atoms with E-state index < -0.39 is 0 Å². The van der Waals surface area contributed by atoms with E-state index >= 15 is 0 Å². The molecule has 0 radical (unpaired) electrons. The average molecular weight is 370 g/mol. The van der Waals surface area contributed by atoms with Crippen molar-refractivity contribution in [2.24, 2.45) is 7.05 Å². The zero-order valence-corrected chi connectivity index (χ0v) is 16.0. The van der Waals surface area contributed by atoms with E-state index in [1.807, 2.05) is 17.0 Å². The van der Waals surface area contributed by atoms with Gasteiger partial charge in [-0.05, 0) is 37.0 Å². The van der Waals surface area contributed by atoms with Crippen LogP contribution in [0.4, 0.5) is 4.79 Å². The molecule has 0 spiro atoms. The third-order valence-corrected chi connectivity index (χ3v) is 5.56. The lowest BCUT2D eigenvalue weighted by molar-refractivity contribution is -0.130. The van der Waals surface area contributed by atoms with Crippen molar-refractivity contribution in [3.05, 3.63) is 29.6 Å². The third kappa shape index (κ3) is 3.63. The number of hydrogen-bond donors (Lipinski definition) is 0. The fourth-order valence-corrected chi connectivity index (χ4v) is 3.85. The minimum Gasteiger partial charge on any atom is -0.453 e. The van der Waals surface area contributed by atoms with Crippen LogP contribution >= 0.6 is 0 Å². The maximum absolute atomic E-state index is 12.8. The van der Waals surface area contributed by atoms with Crippen LogP contribution in [0.5, 0.6) is 0 Å². The summed E-state index contributed by atoms with van der Waals surface area (Å²) in [5.41, 5.74) is 3.08. The highest BCUT2D eigenvalue weighted by Crippen LogP contribution is 2.40. The number of amides is 2. The lowest BCUT2D eigenvalue weighted by Gasteiger charge is -2.21. The van der Waals surface area contributed by atoms with Gasteiger partial charge < -0.3 is 19.1 Å². The predicted molar refractivity (Wildman–Crippen MR) is 102 cm³/mol. The van der Waals surface area contributed by atoms with Crippen molar-refractivity contribution in [2.45, 2.75) is 31.6 Å². The summed E-state index contributed by atoms with van der Waals surface area (Å²) in [5.74, 6) is 1.85. The maximum Gasteiger partial charge on any atom is 0.409 e. The van der Waals surface area contributed by atoms with Crippen LogP contribution in [0.15, 0.2) is 18.2 Å². The normalized spacial score (nSPS) is 17.9. The summed E-state index contributed by atoms with van der Waals surface area (Å²) in [5, 5.41) is 0. The summed E-state index contributed by atoms with van der Waals surface area (Å²) >= 11 is 0. The van der Waals surface area contributed by atoms with E-state index in [2.05, 4.69) is 17.7 Å². The van der Waals surface area contributed by atoms with E-state index in [9.17, 15) is 9.59 Å². The summed E-state index contributed by atoms with van der Waals surface area (Å²) in [6.07, 6.45) is 3.26. The molecule has 1 aliphatic carbocycles. The number of ether oxygens (including phenoxy) is 1. The molecule has 0 atom stereocenters. The minimum atomic E-state index is -0.323. The summed E-state index contributed by atoms with van der Waals surface area (Å²) in [6, 6.07) is 6.13. The molecule has 7 heteroatoms. The van der Waals surface area contributed by atoms with Gasteiger partial charge in [-0.3, -0.25) is 4.79 Å². The first-order valence-corrected chi connectivity index (χ1v) is 9.62. The van der Waals surface area contributed by atoms with Crippen molar-refractivity contribution < 1.29 is 14.3 Å². The van der Waals surface area contributed by atoms with Gasteiger partial charge >= 0.3 is 6.09 Å². The molecule has 4 rings (SSSR count). The van der Waals surface area contributed by atoms with Crippen molar-refractivity contribution in [3.63, 3.8) is 0 Å². The van der Waals surface area contributed by atoms with E-state index in [0.29, 0.717) is 38.5 Å². The highest BCUT2D eigenvalue weighted by Gasteiger charge is 2.28. The van der Waals surface area contributed by atoms with Gasteiger partial charge in [-0.2, -0.15) is 0 Å². The van der Waals surface area contributed by atoms with Gasteiger partial charge in [0.15, 0.2) is 0 Å². The second kappa shape index (κ2) is 7.21. The molecule has 1 aromatic heterocycles. The molecule has 1 aliphatic heterocycles. The monoisotopic (exact) mass is 370 g/mol. The van der Waals surface area contributed by atoms with Gasteiger partial charge in [-0.15, -0.1) is 0 Å². The van der Waals surface area contributed by atoms with E-state index in [-0.39, 0.29) is 12.0 Å². The number of fused-ring (bicyclic) bond motifs is 1. The molecule has 2 amide bonds. The molecule has 1 aromatic carbocycles. The Morgan fingerprint density at radius 1 is 1.15 bits per heavy atom. The summed E-state index contributed by atoms with van der Waals surface area (Å²) in [6.45, 7) is 2.36. The Morgan fingerprint density at radius 3 is 2.63 bits per heavy atom. The molecule has 7 nitrogen and oxygen atoms in total. The Balaban J connectivity index is 1.44. The topological polar surface area (TPSA) is 67.7 Å². The van der Waals surface area contributed by atoms with Crippen molar-refractivity contribution in [1.29, 1.82) is 0 Å². The standard InChI is InChI=1S/C20H26N4O3/c1-22-17-7-4-14(12-16(17)21-19(22)15-5-6-15)13-18(25)23-8-3-9-24(11-10-23)20(26)27-2/h4,7,12,15H,3,5-6,8-11,13H2,1-2H3. The summed E-state index contributed by atoms with van der Waals surface area (Å²) in [7, 11) is 3.46. The van der Waals surface area contributed by atoms with Crippen molar-refractivity contribution in [2.75, 3.05) is 33.3 Å². The maximum atomic E-state index is 12.8. The van der Waals surface area contributed by atoms with Gasteiger partial charge in [0, 0.05) is 39.1 Å². The van der Waals surface area contributed by atoms with Crippen LogP contribution in [-0.4, -0.2) is 64.6 Å². The number of nitrogens with zero attached hydrogens (tertiary/aromatic N) is 4. The van der Waals surface area contributed by atoms with E-state index in [1.165, 1.54) is 20.0 Å². The molecule has 1 saturated heterocycles. The Labute approximate surface area is 158 Å². The average Bonchev–Trinajstić information content (AvgIpc) is 3.48. The van der Waals surface area contributed by atoms with E-state index in [0.717, 1.165) is 28.8 Å². The van der Waals surface area contributed by atoms with E-state index in [4.69, 9.17) is 9.72 Å². The zero-order chi connectivity index (χ0) is 19.0. The molecule has 27 heavy (non-hydrogen) atoms. The molecule has 2 aliphatic rings. The molecule has 2 aromatic rings. The van der Waals surface area contributed by atoms with Crippen LogP contribution in [0.2, 0.25) is 0 Å². The summed E-state index contributed by atoms with van der Waals surface area (Å²) < 4.78 is 6.96. The molecule has 1 saturated carbocycles. The second-order valence-electron chi connectivity index (χ2n) is 7.49. The zero-order valence-electron chi connectivity index (χ0n) is 16.0. The molecule has 2 fully saturated rings. The SMILES string of the molecule is COC(=O)N1CCCN(C(=O)Cc2ccc3c(c2)nc(C2CC2)n3C)CC1. The molecule has 0 bridgehead atoms. The number of carbonyl (C=O) groups excluding carboxylic acids is 2. The van der Waals surface area contributed by atoms with Gasteiger partial charge in [0.2, 0.25) is 5.91 Å². The van der Waals surface area contributed by atoms with Crippen molar-refractivity contribution >= 4 is 23.0 Å². The Morgan fingerprint density at radius 2 is 1.89 bits per heavy atom. The molecular weight excluding hydrogens is 344 g/mol. The van der Waals surface area contributed by atoms with Crippen LogP contribution < -0.4 is 0 Å². The number of hydrogen-bond acceptors (Lipinski definition) is 4. The molecule has 2 heterocycles. The number of methoxy groups -OCH3 is 1. The minimum absolute atomic E-state index is 0.0967. The number of imidazole rings is 1. The fourth-order valence-electron chi connectivity index (χ4n) is 3.85. The molecule has 0 N–H and O–H groups in total. The largest absolute Gasteiger partial charge is 0.453 e. The van der Waals surface area contributed by atoms with Crippen LogP contribution in [0.1, 0.15) is 36.6 Å². The fraction of sp³-hybridized carbons (Fsp3) is 0.550. The van der Waals surface area contributed by atoms with Crippen LogP contribution in [0, 0.1) is 0 Å². The van der Waals surface area contributed by atoms with Gasteiger partial charge in [0.05, 0.1) is 24.6 Å². The predicted octanol–water partition coefficient (Wildman–Crippen LogP) is 2.29. The first-order valence-electron chi connectivity index (χ1n) is 9.62. The number of aryl methyl sites for hydroxylation is 1. The van der Waals surface area contributed by atoms with E-state index in [1.54, 1.807) is 4.90 Å². The van der Waals surface area contributed by atoms with Crippen LogP contribution in [0.3, 0.4) is 0 Å². The van der Waals surface area contributed by atoms with Crippen LogP contribution in [-0.2, 0) is 23.0 Å². The number of benzene rings is 1. The Bertz CT molecular complexity index is 871. The molecule has 144 valence electrons. The smallest absolute Gasteiger partial charge is 0.409 e. The Hall–Kier alpha value is -2.57. The summed E-state index contributed by atoms with van der Waals surface area (Å²) in [4.78, 5) is 32.7. The molecular formula is C20H26N4O3. The first-order chi connectivity index (χ1) is 13.1. The van der Waals surface area contributed by atoms with Gasteiger partial charge in [0.25, 0.3) is 0 Å². The van der Waals surface area contributed by atoms with Gasteiger partial charge in [-0.1, -0.05) is 6.07 Å². The van der Waals surface area contributed by atoms with Crippen molar-refractivity contribution in [1.82, 2.24) is 19.4 Å². The second-order valence-corrected chi connectivity index (χ2v) is 7.49. The number of aromatic nitrogens is 2. The van der Waals surface area contributed by atoms with Gasteiger partial charge in [0.1, 0.15) is 5.82 Å². The van der Waals surface area contributed by atoms with Gasteiger partial charge in [-0.25, -0.2) is 9.78 Å². The quantitative estimate of drug-likeness (QED) is 0.831. The van der Waals surface area contributed by atoms with Crippen LogP contribution in [0.25, 0.3) is 11.0 Å². The number of carbonyl (C=O) groups is 2.